The van der Waals surface area contributed by atoms with Crippen molar-refractivity contribution in [2.45, 2.75) is 30.6 Å². The summed E-state index contributed by atoms with van der Waals surface area (Å²) in [7, 11) is 0. The number of nitrogens with zero attached hydrogens (tertiary/aromatic N) is 4. The number of nitrogens with two attached hydrogens (primary N) is 1. The van der Waals surface area contributed by atoms with Gasteiger partial charge in [0.05, 0.1) is 5.69 Å². The molecule has 3 rings (SSSR count). The molecule has 0 unspecified atom stereocenters. The van der Waals surface area contributed by atoms with Crippen LogP contribution in [0.15, 0.2) is 40.6 Å². The fraction of sp³-hybridized carbons (Fsp3) is 0.214. The molecule has 0 spiro atoms. The first-order valence-electron chi connectivity index (χ1n) is 6.33. The third-order valence-corrected chi connectivity index (χ3v) is 3.82. The van der Waals surface area contributed by atoms with E-state index in [2.05, 4.69) is 15.0 Å². The maximum atomic E-state index is 5.86. The summed E-state index contributed by atoms with van der Waals surface area (Å²) in [6.45, 7) is 4.36. The number of hydrogen-bond donors (Lipinski definition) is 1. The molecule has 0 amide bonds. The van der Waals surface area contributed by atoms with Gasteiger partial charge in [0, 0.05) is 24.1 Å². The van der Waals surface area contributed by atoms with E-state index in [0.717, 1.165) is 27.8 Å². The van der Waals surface area contributed by atoms with E-state index in [0.29, 0.717) is 11.7 Å². The minimum atomic E-state index is 0.429. The maximum absolute atomic E-state index is 5.86. The van der Waals surface area contributed by atoms with E-state index in [9.17, 15) is 0 Å². The van der Waals surface area contributed by atoms with Crippen molar-refractivity contribution in [2.75, 3.05) is 0 Å². The molecule has 0 atom stereocenters. The van der Waals surface area contributed by atoms with Crippen LogP contribution in [0, 0.1) is 13.8 Å². The van der Waals surface area contributed by atoms with Gasteiger partial charge in [-0.1, -0.05) is 6.07 Å². The van der Waals surface area contributed by atoms with Gasteiger partial charge in [0.2, 0.25) is 0 Å². The normalized spacial score (nSPS) is 11.2. The van der Waals surface area contributed by atoms with Crippen molar-refractivity contribution >= 4 is 17.4 Å². The van der Waals surface area contributed by atoms with Gasteiger partial charge >= 0.3 is 0 Å². The molecule has 3 heterocycles. The zero-order chi connectivity index (χ0) is 14.1. The summed E-state index contributed by atoms with van der Waals surface area (Å²) in [5.41, 5.74) is 9.64. The smallest absolute Gasteiger partial charge is 0.194 e. The molecule has 20 heavy (non-hydrogen) atoms. The summed E-state index contributed by atoms with van der Waals surface area (Å²) in [5, 5.41) is 1.57. The predicted octanol–water partition coefficient (Wildman–Crippen LogP) is 2.35. The van der Waals surface area contributed by atoms with Crippen LogP contribution < -0.4 is 5.73 Å². The lowest BCUT2D eigenvalue weighted by atomic mass is 10.4. The minimum Gasteiger partial charge on any atom is -0.325 e. The molecule has 3 aromatic rings. The lowest BCUT2D eigenvalue weighted by Gasteiger charge is -2.03. The van der Waals surface area contributed by atoms with Crippen molar-refractivity contribution < 1.29 is 0 Å². The van der Waals surface area contributed by atoms with Gasteiger partial charge < -0.3 is 10.1 Å². The zero-order valence-electron chi connectivity index (χ0n) is 11.4. The van der Waals surface area contributed by atoms with Crippen LogP contribution in [0.3, 0.4) is 0 Å². The molecule has 102 valence electrons. The molecular formula is C14H15N5S. The molecule has 2 N–H and O–H groups in total. The summed E-state index contributed by atoms with van der Waals surface area (Å²) in [6.07, 6.45) is 1.97. The van der Waals surface area contributed by atoms with Gasteiger partial charge in [0.15, 0.2) is 5.16 Å². The Kier molecular flexibility index (Phi) is 3.42. The first kappa shape index (κ1) is 13.1. The van der Waals surface area contributed by atoms with Gasteiger partial charge in [0.1, 0.15) is 10.7 Å². The van der Waals surface area contributed by atoms with Crippen molar-refractivity contribution in [3.8, 4) is 0 Å². The van der Waals surface area contributed by atoms with E-state index >= 15 is 0 Å². The highest BCUT2D eigenvalue weighted by Crippen LogP contribution is 2.28. The van der Waals surface area contributed by atoms with E-state index in [-0.39, 0.29) is 0 Å². The first-order valence-corrected chi connectivity index (χ1v) is 7.15. The standard InChI is InChI=1S/C14H15N5S/c1-9-7-10(2)17-14(16-9)20-13-11(8-15)19-6-4-3-5-12(19)18-13/h3-7H,8,15H2,1-2H3. The van der Waals surface area contributed by atoms with E-state index in [1.165, 1.54) is 11.8 Å². The van der Waals surface area contributed by atoms with Crippen LogP contribution in [-0.2, 0) is 6.54 Å². The summed E-state index contributed by atoms with van der Waals surface area (Å²) >= 11 is 1.46. The van der Waals surface area contributed by atoms with Crippen LogP contribution in [0.25, 0.3) is 5.65 Å². The second kappa shape index (κ2) is 5.22. The SMILES string of the molecule is Cc1cc(C)nc(Sc2nc3ccccn3c2CN)n1. The quantitative estimate of drug-likeness (QED) is 0.748. The van der Waals surface area contributed by atoms with Gasteiger partial charge in [-0.15, -0.1) is 0 Å². The van der Waals surface area contributed by atoms with E-state index in [1.807, 2.05) is 48.7 Å². The van der Waals surface area contributed by atoms with Crippen LogP contribution in [0.5, 0.6) is 0 Å². The van der Waals surface area contributed by atoms with Gasteiger partial charge in [-0.2, -0.15) is 0 Å². The number of aryl methyl sites for hydroxylation is 2. The monoisotopic (exact) mass is 285 g/mol. The van der Waals surface area contributed by atoms with Gasteiger partial charge in [-0.3, -0.25) is 0 Å². The molecule has 3 aromatic heterocycles. The van der Waals surface area contributed by atoms with E-state index in [4.69, 9.17) is 5.73 Å². The third kappa shape index (κ3) is 2.39. The molecule has 0 aliphatic heterocycles. The minimum absolute atomic E-state index is 0.429. The third-order valence-electron chi connectivity index (χ3n) is 2.94. The van der Waals surface area contributed by atoms with Crippen LogP contribution in [0.1, 0.15) is 17.1 Å². The fourth-order valence-electron chi connectivity index (χ4n) is 2.12. The summed E-state index contributed by atoms with van der Waals surface area (Å²) in [6, 6.07) is 7.85. The highest BCUT2D eigenvalue weighted by atomic mass is 32.2. The van der Waals surface area contributed by atoms with E-state index in [1.54, 1.807) is 0 Å². The van der Waals surface area contributed by atoms with Crippen molar-refractivity contribution in [2.24, 2.45) is 5.73 Å². The predicted molar refractivity (Wildman–Crippen MR) is 78.7 cm³/mol. The average Bonchev–Trinajstić information content (AvgIpc) is 2.74. The van der Waals surface area contributed by atoms with Crippen LogP contribution in [0.4, 0.5) is 0 Å². The molecule has 0 aliphatic rings. The molecule has 0 bridgehead atoms. The van der Waals surface area contributed by atoms with Gasteiger partial charge in [0.25, 0.3) is 0 Å². The van der Waals surface area contributed by atoms with Gasteiger partial charge in [-0.25, -0.2) is 15.0 Å². The molecule has 0 saturated carbocycles. The summed E-state index contributed by atoms with van der Waals surface area (Å²) < 4.78 is 2.00. The Balaban J connectivity index is 2.05. The van der Waals surface area contributed by atoms with Crippen molar-refractivity contribution in [3.05, 3.63) is 47.5 Å². The highest BCUT2D eigenvalue weighted by molar-refractivity contribution is 7.99. The van der Waals surface area contributed by atoms with Crippen LogP contribution >= 0.6 is 11.8 Å². The first-order chi connectivity index (χ1) is 9.67. The topological polar surface area (TPSA) is 69.1 Å². The number of fused-ring (bicyclic) bond motifs is 1. The summed E-state index contributed by atoms with van der Waals surface area (Å²) in [4.78, 5) is 13.5. The Morgan fingerprint density at radius 2 is 1.90 bits per heavy atom. The molecule has 0 radical (unpaired) electrons. The van der Waals surface area contributed by atoms with Crippen molar-refractivity contribution in [1.82, 2.24) is 19.4 Å². The molecule has 0 fully saturated rings. The lowest BCUT2D eigenvalue weighted by molar-refractivity contribution is 0.888. The van der Waals surface area contributed by atoms with E-state index < -0.39 is 0 Å². The Hall–Kier alpha value is -1.92. The Morgan fingerprint density at radius 1 is 1.15 bits per heavy atom. The number of rotatable bonds is 3. The molecule has 0 saturated heterocycles. The van der Waals surface area contributed by atoms with Crippen LogP contribution in [-0.4, -0.2) is 19.4 Å². The largest absolute Gasteiger partial charge is 0.325 e. The van der Waals surface area contributed by atoms with Crippen molar-refractivity contribution in [1.29, 1.82) is 0 Å². The number of aromatic nitrogens is 4. The molecule has 6 heteroatoms. The maximum Gasteiger partial charge on any atom is 0.194 e. The second-order valence-electron chi connectivity index (χ2n) is 4.53. The number of hydrogen-bond acceptors (Lipinski definition) is 5. The molecule has 0 aliphatic carbocycles. The molecular weight excluding hydrogens is 270 g/mol. The Labute approximate surface area is 121 Å². The van der Waals surface area contributed by atoms with Crippen LogP contribution in [0.2, 0.25) is 0 Å². The summed E-state index contributed by atoms with van der Waals surface area (Å²) in [5.74, 6) is 0. The van der Waals surface area contributed by atoms with Crippen molar-refractivity contribution in [3.63, 3.8) is 0 Å². The molecule has 0 aromatic carbocycles. The second-order valence-corrected chi connectivity index (χ2v) is 5.49. The Morgan fingerprint density at radius 3 is 2.60 bits per heavy atom. The average molecular weight is 285 g/mol. The fourth-order valence-corrected chi connectivity index (χ4v) is 3.11. The number of imidazole rings is 1. The highest BCUT2D eigenvalue weighted by Gasteiger charge is 2.13. The lowest BCUT2D eigenvalue weighted by Crippen LogP contribution is -2.02. The zero-order valence-corrected chi connectivity index (χ0v) is 12.2. The molecule has 5 nitrogen and oxygen atoms in total. The van der Waals surface area contributed by atoms with Gasteiger partial charge in [-0.05, 0) is 43.8 Å². The Bertz CT molecular complexity index is 745. The number of pyridine rings is 1.